The number of nitrogens with one attached hydrogen (secondary N) is 1. The lowest BCUT2D eigenvalue weighted by molar-refractivity contribution is 0.0703. The van der Waals surface area contributed by atoms with Crippen molar-refractivity contribution in [2.24, 2.45) is 5.41 Å². The average Bonchev–Trinajstić information content (AvgIpc) is 2.43. The van der Waals surface area contributed by atoms with Gasteiger partial charge in [-0.1, -0.05) is 26.7 Å². The van der Waals surface area contributed by atoms with E-state index in [0.717, 1.165) is 19.7 Å². The molecule has 0 aromatic rings. The van der Waals surface area contributed by atoms with Gasteiger partial charge in [-0.3, -0.25) is 4.90 Å². The molecule has 0 aromatic carbocycles. The molecular formula is C15H32N2O. The lowest BCUT2D eigenvalue weighted by Crippen LogP contribution is -2.47. The molecule has 3 heteroatoms. The van der Waals surface area contributed by atoms with E-state index in [9.17, 15) is 0 Å². The van der Waals surface area contributed by atoms with Gasteiger partial charge in [-0.15, -0.1) is 0 Å². The quantitative estimate of drug-likeness (QED) is 0.675. The first-order valence-corrected chi connectivity index (χ1v) is 7.61. The Hall–Kier alpha value is -0.120. The summed E-state index contributed by atoms with van der Waals surface area (Å²) in [5.74, 6) is 0. The summed E-state index contributed by atoms with van der Waals surface area (Å²) in [6.45, 7) is 12.4. The first kappa shape index (κ1) is 15.9. The molecule has 0 saturated carbocycles. The minimum atomic E-state index is 0.639. The number of hydrogen-bond acceptors (Lipinski definition) is 3. The lowest BCUT2D eigenvalue weighted by atomic mass is 9.74. The second-order valence-corrected chi connectivity index (χ2v) is 5.79. The second kappa shape index (κ2) is 8.13. The third kappa shape index (κ3) is 4.52. The van der Waals surface area contributed by atoms with Crippen LogP contribution in [-0.4, -0.2) is 50.8 Å². The van der Waals surface area contributed by atoms with E-state index in [-0.39, 0.29) is 0 Å². The fourth-order valence-electron chi connectivity index (χ4n) is 3.01. The normalized spacial score (nSPS) is 22.0. The van der Waals surface area contributed by atoms with E-state index in [1.54, 1.807) is 7.11 Å². The number of hydrogen-bond donors (Lipinski definition) is 1. The monoisotopic (exact) mass is 256 g/mol. The molecule has 0 amide bonds. The molecule has 0 spiro atoms. The highest BCUT2D eigenvalue weighted by Gasteiger charge is 2.32. The summed E-state index contributed by atoms with van der Waals surface area (Å²) in [6.07, 6.45) is 5.44. The Kier molecular flexibility index (Phi) is 7.20. The van der Waals surface area contributed by atoms with Crippen LogP contribution < -0.4 is 5.32 Å². The molecule has 108 valence electrons. The van der Waals surface area contributed by atoms with Gasteiger partial charge in [0.2, 0.25) is 0 Å². The van der Waals surface area contributed by atoms with Crippen LogP contribution in [0.2, 0.25) is 0 Å². The smallest absolute Gasteiger partial charge is 0.0587 e. The molecule has 1 aliphatic rings. The first-order valence-electron chi connectivity index (χ1n) is 7.61. The highest BCUT2D eigenvalue weighted by molar-refractivity contribution is 4.86. The van der Waals surface area contributed by atoms with Gasteiger partial charge >= 0.3 is 0 Å². The van der Waals surface area contributed by atoms with E-state index in [1.165, 1.54) is 38.8 Å². The highest BCUT2D eigenvalue weighted by Crippen LogP contribution is 2.38. The van der Waals surface area contributed by atoms with Gasteiger partial charge in [0.1, 0.15) is 0 Å². The molecule has 0 aliphatic carbocycles. The Morgan fingerprint density at radius 2 is 1.83 bits per heavy atom. The van der Waals surface area contributed by atoms with Gasteiger partial charge in [0, 0.05) is 26.2 Å². The lowest BCUT2D eigenvalue weighted by Gasteiger charge is -2.43. The van der Waals surface area contributed by atoms with E-state index in [2.05, 4.69) is 31.0 Å². The number of methoxy groups -OCH3 is 1. The predicted molar refractivity (Wildman–Crippen MR) is 78.0 cm³/mol. The van der Waals surface area contributed by atoms with Crippen LogP contribution in [0, 0.1) is 5.41 Å². The molecule has 1 atom stereocenters. The minimum absolute atomic E-state index is 0.639. The van der Waals surface area contributed by atoms with Gasteiger partial charge in [-0.25, -0.2) is 0 Å². The van der Waals surface area contributed by atoms with Crippen LogP contribution in [0.1, 0.15) is 46.5 Å². The maximum atomic E-state index is 5.05. The van der Waals surface area contributed by atoms with E-state index in [4.69, 9.17) is 4.74 Å². The zero-order valence-corrected chi connectivity index (χ0v) is 12.8. The van der Waals surface area contributed by atoms with E-state index >= 15 is 0 Å². The van der Waals surface area contributed by atoms with Crippen molar-refractivity contribution in [3.05, 3.63) is 0 Å². The topological polar surface area (TPSA) is 24.5 Å². The summed E-state index contributed by atoms with van der Waals surface area (Å²) in [5, 5.41) is 3.47. The van der Waals surface area contributed by atoms with E-state index in [1.807, 2.05) is 0 Å². The average molecular weight is 256 g/mol. The van der Waals surface area contributed by atoms with Crippen LogP contribution >= 0.6 is 0 Å². The Balaban J connectivity index is 2.25. The van der Waals surface area contributed by atoms with E-state index < -0.39 is 0 Å². The summed E-state index contributed by atoms with van der Waals surface area (Å²) >= 11 is 0. The molecule has 1 aliphatic heterocycles. The molecular weight excluding hydrogens is 224 g/mol. The molecule has 0 aromatic heterocycles. The maximum Gasteiger partial charge on any atom is 0.0587 e. The van der Waals surface area contributed by atoms with Gasteiger partial charge < -0.3 is 10.1 Å². The number of ether oxygens (including phenoxy) is 1. The van der Waals surface area contributed by atoms with E-state index in [0.29, 0.717) is 11.5 Å². The van der Waals surface area contributed by atoms with Crippen molar-refractivity contribution in [1.82, 2.24) is 10.2 Å². The molecule has 0 radical (unpaired) electrons. The fraction of sp³-hybridized carbons (Fsp3) is 1.00. The third-order valence-corrected chi connectivity index (χ3v) is 4.90. The summed E-state index contributed by atoms with van der Waals surface area (Å²) in [5.41, 5.74) is 0.639. The van der Waals surface area contributed by atoms with Gasteiger partial charge in [0.25, 0.3) is 0 Å². The zero-order valence-electron chi connectivity index (χ0n) is 12.8. The van der Waals surface area contributed by atoms with Crippen LogP contribution in [0.15, 0.2) is 0 Å². The summed E-state index contributed by atoms with van der Waals surface area (Å²) in [7, 11) is 1.75. The summed E-state index contributed by atoms with van der Waals surface area (Å²) in [6, 6.07) is 0.647. The molecule has 1 heterocycles. The fourth-order valence-corrected chi connectivity index (χ4v) is 3.01. The number of piperidine rings is 1. The molecule has 1 fully saturated rings. The van der Waals surface area contributed by atoms with Crippen molar-refractivity contribution in [2.75, 3.05) is 39.9 Å². The van der Waals surface area contributed by atoms with Gasteiger partial charge in [-0.2, -0.15) is 0 Å². The van der Waals surface area contributed by atoms with Crippen molar-refractivity contribution in [3.8, 4) is 0 Å². The molecule has 1 rings (SSSR count). The Bertz CT molecular complexity index is 207. The standard InChI is InChI=1S/C15H32N2O/c1-5-15(6-2)7-10-17(11-8-15)14(3)13-16-9-12-18-4/h14,16H,5-13H2,1-4H3. The Labute approximate surface area is 113 Å². The largest absolute Gasteiger partial charge is 0.383 e. The molecule has 0 bridgehead atoms. The number of likely N-dealkylation sites (tertiary alicyclic amines) is 1. The molecule has 18 heavy (non-hydrogen) atoms. The van der Waals surface area contributed by atoms with Crippen molar-refractivity contribution in [1.29, 1.82) is 0 Å². The number of rotatable bonds is 8. The van der Waals surface area contributed by atoms with Crippen LogP contribution in [0.25, 0.3) is 0 Å². The van der Waals surface area contributed by atoms with Crippen LogP contribution in [0.5, 0.6) is 0 Å². The molecule has 3 nitrogen and oxygen atoms in total. The van der Waals surface area contributed by atoms with Gasteiger partial charge in [-0.05, 0) is 38.3 Å². The summed E-state index contributed by atoms with van der Waals surface area (Å²) < 4.78 is 5.05. The van der Waals surface area contributed by atoms with Gasteiger partial charge in [0.15, 0.2) is 0 Å². The van der Waals surface area contributed by atoms with Crippen molar-refractivity contribution < 1.29 is 4.74 Å². The SMILES string of the molecule is CCC1(CC)CCN(C(C)CNCCOC)CC1. The highest BCUT2D eigenvalue weighted by atomic mass is 16.5. The van der Waals surface area contributed by atoms with Crippen molar-refractivity contribution >= 4 is 0 Å². The molecule has 1 unspecified atom stereocenters. The Morgan fingerprint density at radius 1 is 1.22 bits per heavy atom. The molecule has 1 N–H and O–H groups in total. The van der Waals surface area contributed by atoms with Crippen molar-refractivity contribution in [2.45, 2.75) is 52.5 Å². The maximum absolute atomic E-state index is 5.05. The first-order chi connectivity index (χ1) is 8.67. The van der Waals surface area contributed by atoms with Crippen LogP contribution in [0.3, 0.4) is 0 Å². The zero-order chi connectivity index (χ0) is 13.4. The third-order valence-electron chi connectivity index (χ3n) is 4.90. The van der Waals surface area contributed by atoms with Crippen molar-refractivity contribution in [3.63, 3.8) is 0 Å². The second-order valence-electron chi connectivity index (χ2n) is 5.79. The van der Waals surface area contributed by atoms with Crippen LogP contribution in [-0.2, 0) is 4.74 Å². The van der Waals surface area contributed by atoms with Crippen LogP contribution in [0.4, 0.5) is 0 Å². The molecule has 1 saturated heterocycles. The Morgan fingerprint density at radius 3 is 2.33 bits per heavy atom. The minimum Gasteiger partial charge on any atom is -0.383 e. The van der Waals surface area contributed by atoms with Gasteiger partial charge in [0.05, 0.1) is 6.61 Å². The predicted octanol–water partition coefficient (Wildman–Crippen LogP) is 2.51. The summed E-state index contributed by atoms with van der Waals surface area (Å²) in [4.78, 5) is 2.64. The number of nitrogens with zero attached hydrogens (tertiary/aromatic N) is 1.